The van der Waals surface area contributed by atoms with Gasteiger partial charge in [0.25, 0.3) is 0 Å². The van der Waals surface area contributed by atoms with Crippen molar-refractivity contribution in [1.29, 1.82) is 0 Å². The lowest BCUT2D eigenvalue weighted by atomic mass is 9.88. The molecule has 0 bridgehead atoms. The molecule has 1 aliphatic rings. The number of nitrogens with one attached hydrogen (secondary N) is 1. The van der Waals surface area contributed by atoms with Gasteiger partial charge in [0.2, 0.25) is 0 Å². The monoisotopic (exact) mass is 400 g/mol. The third-order valence-electron chi connectivity index (χ3n) is 4.67. The van der Waals surface area contributed by atoms with Crippen molar-refractivity contribution in [3.63, 3.8) is 0 Å². The molecule has 5 nitrogen and oxygen atoms in total. The molecule has 1 N–H and O–H groups in total. The summed E-state index contributed by atoms with van der Waals surface area (Å²) in [6.45, 7) is 7.42. The predicted octanol–water partition coefficient (Wildman–Crippen LogP) is 4.54. The van der Waals surface area contributed by atoms with Gasteiger partial charge in [-0.3, -0.25) is 4.79 Å². The lowest BCUT2D eigenvalue weighted by molar-refractivity contribution is -0.186. The van der Waals surface area contributed by atoms with E-state index in [4.69, 9.17) is 4.74 Å². The van der Waals surface area contributed by atoms with Crippen molar-refractivity contribution < 1.29 is 27.5 Å². The summed E-state index contributed by atoms with van der Waals surface area (Å²) in [5.74, 6) is -1.65. The van der Waals surface area contributed by atoms with Crippen LogP contribution in [0.5, 0.6) is 0 Å². The molecule has 156 valence electrons. The van der Waals surface area contributed by atoms with Gasteiger partial charge in [-0.2, -0.15) is 13.2 Å². The fourth-order valence-electron chi connectivity index (χ4n) is 3.22. The number of hydrogen-bond donors (Lipinski definition) is 1. The topological polar surface area (TPSA) is 58.6 Å². The molecule has 2 amide bonds. The Kier molecular flexibility index (Phi) is 6.62. The Morgan fingerprint density at radius 2 is 1.64 bits per heavy atom. The van der Waals surface area contributed by atoms with E-state index in [-0.39, 0.29) is 25.0 Å². The summed E-state index contributed by atoms with van der Waals surface area (Å²) in [5.41, 5.74) is 1.35. The molecule has 0 radical (unpaired) electrons. The second kappa shape index (κ2) is 8.41. The van der Waals surface area contributed by atoms with Gasteiger partial charge >= 0.3 is 18.2 Å². The van der Waals surface area contributed by atoms with E-state index in [0.717, 1.165) is 16.0 Å². The first-order chi connectivity index (χ1) is 12.9. The van der Waals surface area contributed by atoms with E-state index < -0.39 is 23.8 Å². The highest BCUT2D eigenvalue weighted by Gasteiger charge is 2.43. The van der Waals surface area contributed by atoms with Crippen molar-refractivity contribution in [2.24, 2.45) is 0 Å². The number of benzene rings is 1. The highest BCUT2D eigenvalue weighted by atomic mass is 19.4. The number of amides is 2. The number of halogens is 3. The molecule has 1 heterocycles. The van der Waals surface area contributed by atoms with Crippen LogP contribution < -0.4 is 5.32 Å². The summed E-state index contributed by atoms with van der Waals surface area (Å²) < 4.78 is 42.8. The molecule has 0 spiro atoms. The van der Waals surface area contributed by atoms with Crippen molar-refractivity contribution in [3.05, 3.63) is 35.4 Å². The largest absolute Gasteiger partial charge is 0.471 e. The van der Waals surface area contributed by atoms with E-state index in [0.29, 0.717) is 12.8 Å². The summed E-state index contributed by atoms with van der Waals surface area (Å²) in [5, 5.41) is 2.77. The predicted molar refractivity (Wildman–Crippen MR) is 98.8 cm³/mol. The Hall–Kier alpha value is -2.25. The number of carbonyl (C=O) groups is 2. The maximum absolute atomic E-state index is 12.5. The summed E-state index contributed by atoms with van der Waals surface area (Å²) in [6.07, 6.45) is -4.32. The normalized spacial score (nSPS) is 17.2. The van der Waals surface area contributed by atoms with Crippen LogP contribution in [0.1, 0.15) is 63.6 Å². The molecule has 1 atom stereocenters. The molecule has 1 saturated heterocycles. The van der Waals surface area contributed by atoms with Crippen LogP contribution >= 0.6 is 0 Å². The highest BCUT2D eigenvalue weighted by Crippen LogP contribution is 2.31. The smallest absolute Gasteiger partial charge is 0.444 e. The van der Waals surface area contributed by atoms with Crippen LogP contribution in [0.15, 0.2) is 24.3 Å². The molecule has 0 aliphatic carbocycles. The van der Waals surface area contributed by atoms with Crippen LogP contribution in [0.2, 0.25) is 0 Å². The van der Waals surface area contributed by atoms with Gasteiger partial charge in [-0.1, -0.05) is 24.3 Å². The lowest BCUT2D eigenvalue weighted by Crippen LogP contribution is -2.45. The fraction of sp³-hybridized carbons (Fsp3) is 0.600. The molecule has 0 saturated carbocycles. The van der Waals surface area contributed by atoms with Crippen molar-refractivity contribution in [2.45, 2.75) is 64.3 Å². The Labute approximate surface area is 163 Å². The Balaban J connectivity index is 1.91. The van der Waals surface area contributed by atoms with Crippen molar-refractivity contribution in [2.75, 3.05) is 13.1 Å². The molecule has 1 aromatic rings. The van der Waals surface area contributed by atoms with Crippen molar-refractivity contribution in [3.8, 4) is 0 Å². The Bertz CT molecular complexity index is 688. The van der Waals surface area contributed by atoms with Gasteiger partial charge in [0.15, 0.2) is 0 Å². The molecule has 2 rings (SSSR count). The minimum Gasteiger partial charge on any atom is -0.444 e. The van der Waals surface area contributed by atoms with Gasteiger partial charge in [0.1, 0.15) is 5.60 Å². The molecular weight excluding hydrogens is 373 g/mol. The minimum atomic E-state index is -4.81. The van der Waals surface area contributed by atoms with Crippen LogP contribution in [-0.4, -0.2) is 41.8 Å². The number of likely N-dealkylation sites (tertiary alicyclic amines) is 1. The number of nitrogens with zero attached hydrogens (tertiary/aromatic N) is 1. The van der Waals surface area contributed by atoms with Gasteiger partial charge in [0.05, 0.1) is 6.04 Å². The van der Waals surface area contributed by atoms with Gasteiger partial charge in [0, 0.05) is 13.1 Å². The Morgan fingerprint density at radius 1 is 1.11 bits per heavy atom. The second-order valence-electron chi connectivity index (χ2n) is 8.10. The van der Waals surface area contributed by atoms with E-state index in [2.05, 4.69) is 5.32 Å². The zero-order valence-corrected chi connectivity index (χ0v) is 16.6. The van der Waals surface area contributed by atoms with Crippen LogP contribution in [-0.2, 0) is 9.53 Å². The SMILES string of the molecule is C[C@H](NC(=O)OC(C)(C)C)c1ccc(C2CCN(C(=O)C(F)(F)F)CC2)cc1. The van der Waals surface area contributed by atoms with Crippen LogP contribution in [0, 0.1) is 0 Å². The first kappa shape index (κ1) is 22.0. The van der Waals surface area contributed by atoms with E-state index in [1.807, 2.05) is 31.2 Å². The standard InChI is InChI=1S/C20H27F3N2O3/c1-13(24-18(27)28-19(2,3)4)14-5-7-15(8-6-14)16-9-11-25(12-10-16)17(26)20(21,22)23/h5-8,13,16H,9-12H2,1-4H3,(H,24,27)/t13-/m0/s1. The second-order valence-corrected chi connectivity index (χ2v) is 8.10. The van der Waals surface area contributed by atoms with Gasteiger partial charge in [-0.15, -0.1) is 0 Å². The molecule has 1 fully saturated rings. The molecular formula is C20H27F3N2O3. The van der Waals surface area contributed by atoms with Gasteiger partial charge < -0.3 is 15.0 Å². The third kappa shape index (κ3) is 6.14. The number of ether oxygens (including phenoxy) is 1. The quantitative estimate of drug-likeness (QED) is 0.810. The number of rotatable bonds is 3. The van der Waals surface area contributed by atoms with Crippen LogP contribution in [0.25, 0.3) is 0 Å². The Morgan fingerprint density at radius 3 is 2.11 bits per heavy atom. The molecule has 0 unspecified atom stereocenters. The summed E-state index contributed by atoms with van der Waals surface area (Å²) in [6, 6.07) is 7.40. The van der Waals surface area contributed by atoms with E-state index in [1.165, 1.54) is 0 Å². The number of alkyl carbamates (subject to hydrolysis) is 1. The number of hydrogen-bond acceptors (Lipinski definition) is 3. The zero-order valence-electron chi connectivity index (χ0n) is 16.6. The summed E-state index contributed by atoms with van der Waals surface area (Å²) >= 11 is 0. The van der Waals surface area contributed by atoms with Crippen LogP contribution in [0.4, 0.5) is 18.0 Å². The van der Waals surface area contributed by atoms with Crippen LogP contribution in [0.3, 0.4) is 0 Å². The minimum absolute atomic E-state index is 0.0986. The van der Waals surface area contributed by atoms with Gasteiger partial charge in [-0.05, 0) is 57.6 Å². The molecule has 1 aliphatic heterocycles. The molecule has 0 aromatic heterocycles. The summed E-state index contributed by atoms with van der Waals surface area (Å²) in [7, 11) is 0. The van der Waals surface area contributed by atoms with E-state index in [9.17, 15) is 22.8 Å². The lowest BCUT2D eigenvalue weighted by Gasteiger charge is -2.32. The number of carbonyl (C=O) groups excluding carboxylic acids is 2. The van der Waals surface area contributed by atoms with E-state index >= 15 is 0 Å². The maximum atomic E-state index is 12.5. The van der Waals surface area contributed by atoms with E-state index in [1.54, 1.807) is 20.8 Å². The highest BCUT2D eigenvalue weighted by molar-refractivity contribution is 5.81. The first-order valence-electron chi connectivity index (χ1n) is 9.32. The maximum Gasteiger partial charge on any atom is 0.471 e. The summed E-state index contributed by atoms with van der Waals surface area (Å²) in [4.78, 5) is 24.1. The number of alkyl halides is 3. The molecule has 8 heteroatoms. The van der Waals surface area contributed by atoms with Crippen molar-refractivity contribution in [1.82, 2.24) is 10.2 Å². The third-order valence-corrected chi connectivity index (χ3v) is 4.67. The zero-order chi connectivity index (χ0) is 21.1. The molecule has 1 aromatic carbocycles. The fourth-order valence-corrected chi connectivity index (χ4v) is 3.22. The van der Waals surface area contributed by atoms with Gasteiger partial charge in [-0.25, -0.2) is 4.79 Å². The first-order valence-corrected chi connectivity index (χ1v) is 9.32. The average Bonchev–Trinajstić information content (AvgIpc) is 2.59. The van der Waals surface area contributed by atoms with Crippen molar-refractivity contribution >= 4 is 12.0 Å². The average molecular weight is 400 g/mol. The molecule has 28 heavy (non-hydrogen) atoms. The number of piperidine rings is 1.